The van der Waals surface area contributed by atoms with Crippen LogP contribution < -0.4 is 5.32 Å². The number of thioether (sulfide) groups is 1. The summed E-state index contributed by atoms with van der Waals surface area (Å²) in [6.07, 6.45) is 3.50. The van der Waals surface area contributed by atoms with Crippen molar-refractivity contribution in [3.05, 3.63) is 23.8 Å². The minimum absolute atomic E-state index is 0.0412. The lowest BCUT2D eigenvalue weighted by atomic mass is 10.0. The Kier molecular flexibility index (Phi) is 5.89. The van der Waals surface area contributed by atoms with Gasteiger partial charge in [-0.05, 0) is 70.2 Å². The van der Waals surface area contributed by atoms with Crippen LogP contribution in [0.2, 0.25) is 0 Å². The van der Waals surface area contributed by atoms with E-state index in [0.29, 0.717) is 17.5 Å². The molecule has 1 saturated heterocycles. The van der Waals surface area contributed by atoms with E-state index < -0.39 is 11.7 Å². The zero-order valence-electron chi connectivity index (χ0n) is 16.4. The maximum atomic E-state index is 12.7. The number of hydrogen-bond acceptors (Lipinski definition) is 5. The molecule has 27 heavy (non-hydrogen) atoms. The molecule has 1 N–H and O–H groups in total. The predicted octanol–water partition coefficient (Wildman–Crippen LogP) is 5.19. The average molecular weight is 393 g/mol. The first-order valence-electron chi connectivity index (χ1n) is 9.42. The molecule has 1 saturated carbocycles. The second kappa shape index (κ2) is 8.00. The monoisotopic (exact) mass is 392 g/mol. The lowest BCUT2D eigenvalue weighted by Crippen LogP contribution is -2.36. The first kappa shape index (κ1) is 19.9. The third kappa shape index (κ3) is 5.31. The van der Waals surface area contributed by atoms with Gasteiger partial charge in [-0.1, -0.05) is 0 Å². The Hall–Kier alpha value is -1.89. The van der Waals surface area contributed by atoms with Gasteiger partial charge in [0.2, 0.25) is 0 Å². The van der Waals surface area contributed by atoms with Crippen molar-refractivity contribution in [2.45, 2.75) is 68.2 Å². The van der Waals surface area contributed by atoms with E-state index in [9.17, 15) is 9.59 Å². The number of likely N-dealkylation sites (tertiary alicyclic amines) is 1. The van der Waals surface area contributed by atoms with Gasteiger partial charge in [0.25, 0.3) is 0 Å². The van der Waals surface area contributed by atoms with E-state index in [4.69, 9.17) is 9.47 Å². The SMILES string of the molecule is COC(=O)Nc1ccc(SC2CC2)c([C@H]2CCCN2C(=O)OC(C)(C)C)c1. The number of ether oxygens (including phenoxy) is 2. The Bertz CT molecular complexity index is 712. The summed E-state index contributed by atoms with van der Waals surface area (Å²) < 4.78 is 10.3. The molecule has 2 amide bonds. The lowest BCUT2D eigenvalue weighted by Gasteiger charge is -2.30. The second-order valence-corrected chi connectivity index (χ2v) is 9.36. The van der Waals surface area contributed by atoms with Crippen molar-refractivity contribution < 1.29 is 19.1 Å². The Morgan fingerprint density at radius 2 is 1.96 bits per heavy atom. The highest BCUT2D eigenvalue weighted by molar-refractivity contribution is 8.00. The molecule has 7 heteroatoms. The first-order chi connectivity index (χ1) is 12.8. The number of hydrogen-bond donors (Lipinski definition) is 1. The molecule has 1 aliphatic heterocycles. The van der Waals surface area contributed by atoms with Crippen molar-refractivity contribution >= 4 is 29.6 Å². The summed E-state index contributed by atoms with van der Waals surface area (Å²) >= 11 is 1.86. The Balaban J connectivity index is 1.87. The summed E-state index contributed by atoms with van der Waals surface area (Å²) in [4.78, 5) is 27.3. The minimum Gasteiger partial charge on any atom is -0.453 e. The van der Waals surface area contributed by atoms with Gasteiger partial charge in [-0.2, -0.15) is 0 Å². The minimum atomic E-state index is -0.524. The summed E-state index contributed by atoms with van der Waals surface area (Å²) in [5.41, 5.74) is 1.22. The van der Waals surface area contributed by atoms with Crippen LogP contribution in [0.3, 0.4) is 0 Å². The highest BCUT2D eigenvalue weighted by Gasteiger charge is 2.35. The molecule has 0 spiro atoms. The fourth-order valence-corrected chi connectivity index (χ4v) is 4.37. The number of carbonyl (C=O) groups is 2. The molecule has 2 fully saturated rings. The van der Waals surface area contributed by atoms with Crippen LogP contribution in [0.1, 0.15) is 58.1 Å². The van der Waals surface area contributed by atoms with Crippen LogP contribution in [0.5, 0.6) is 0 Å². The van der Waals surface area contributed by atoms with Gasteiger partial charge >= 0.3 is 12.2 Å². The van der Waals surface area contributed by atoms with Crippen molar-refractivity contribution in [2.24, 2.45) is 0 Å². The third-order valence-corrected chi connectivity index (χ3v) is 5.93. The summed E-state index contributed by atoms with van der Waals surface area (Å²) in [7, 11) is 1.34. The van der Waals surface area contributed by atoms with E-state index in [1.807, 2.05) is 55.6 Å². The number of benzene rings is 1. The molecule has 1 heterocycles. The van der Waals surface area contributed by atoms with Crippen LogP contribution >= 0.6 is 11.8 Å². The van der Waals surface area contributed by atoms with Gasteiger partial charge in [0, 0.05) is 22.4 Å². The molecule has 0 aromatic heterocycles. The molecule has 2 aliphatic rings. The predicted molar refractivity (Wildman–Crippen MR) is 106 cm³/mol. The zero-order chi connectivity index (χ0) is 19.6. The Morgan fingerprint density at radius 3 is 2.59 bits per heavy atom. The highest BCUT2D eigenvalue weighted by Crippen LogP contribution is 2.45. The van der Waals surface area contributed by atoms with Crippen LogP contribution in [-0.4, -0.2) is 41.6 Å². The maximum absolute atomic E-state index is 12.7. The van der Waals surface area contributed by atoms with Crippen LogP contribution in [0.15, 0.2) is 23.1 Å². The van der Waals surface area contributed by atoms with E-state index in [2.05, 4.69) is 5.32 Å². The van der Waals surface area contributed by atoms with Crippen LogP contribution in [0.4, 0.5) is 15.3 Å². The van der Waals surface area contributed by atoms with Crippen molar-refractivity contribution in [2.75, 3.05) is 19.0 Å². The summed E-state index contributed by atoms with van der Waals surface area (Å²) in [5.74, 6) is 0. The Morgan fingerprint density at radius 1 is 1.22 bits per heavy atom. The van der Waals surface area contributed by atoms with Crippen molar-refractivity contribution in [3.8, 4) is 0 Å². The van der Waals surface area contributed by atoms with E-state index in [-0.39, 0.29) is 12.1 Å². The molecule has 1 aromatic carbocycles. The number of anilines is 1. The highest BCUT2D eigenvalue weighted by atomic mass is 32.2. The summed E-state index contributed by atoms with van der Waals surface area (Å²) in [6.45, 7) is 6.32. The fourth-order valence-electron chi connectivity index (χ4n) is 3.16. The largest absolute Gasteiger partial charge is 0.453 e. The van der Waals surface area contributed by atoms with Crippen molar-refractivity contribution in [1.29, 1.82) is 0 Å². The topological polar surface area (TPSA) is 67.9 Å². The van der Waals surface area contributed by atoms with E-state index in [1.165, 1.54) is 24.8 Å². The molecular formula is C20H28N2O4S. The number of nitrogens with zero attached hydrogens (tertiary/aromatic N) is 1. The van der Waals surface area contributed by atoms with E-state index in [0.717, 1.165) is 18.4 Å². The number of amides is 2. The number of methoxy groups -OCH3 is 1. The standard InChI is InChI=1S/C20H28N2O4S/c1-20(2,3)26-19(24)22-11-5-6-16(22)15-12-13(21-18(23)25-4)7-10-17(15)27-14-8-9-14/h7,10,12,14,16H,5-6,8-9,11H2,1-4H3,(H,21,23)/t16-/m1/s1. The van der Waals surface area contributed by atoms with Gasteiger partial charge in [-0.25, -0.2) is 9.59 Å². The number of nitrogens with one attached hydrogen (secondary N) is 1. The van der Waals surface area contributed by atoms with Gasteiger partial charge in [-0.15, -0.1) is 11.8 Å². The molecule has 148 valence electrons. The molecule has 0 radical (unpaired) electrons. The van der Waals surface area contributed by atoms with Gasteiger partial charge in [-0.3, -0.25) is 5.32 Å². The van der Waals surface area contributed by atoms with Crippen LogP contribution in [-0.2, 0) is 9.47 Å². The van der Waals surface area contributed by atoms with Crippen LogP contribution in [0, 0.1) is 0 Å². The Labute approximate surface area is 165 Å². The first-order valence-corrected chi connectivity index (χ1v) is 10.3. The molecule has 1 aromatic rings. The normalized spacial score (nSPS) is 19.7. The average Bonchev–Trinajstić information content (AvgIpc) is 3.26. The van der Waals surface area contributed by atoms with Gasteiger partial charge < -0.3 is 14.4 Å². The zero-order valence-corrected chi connectivity index (χ0v) is 17.2. The number of carbonyl (C=O) groups excluding carboxylic acids is 2. The lowest BCUT2D eigenvalue weighted by molar-refractivity contribution is 0.0222. The molecule has 1 aliphatic carbocycles. The molecule has 1 atom stereocenters. The maximum Gasteiger partial charge on any atom is 0.411 e. The van der Waals surface area contributed by atoms with E-state index >= 15 is 0 Å². The van der Waals surface area contributed by atoms with E-state index in [1.54, 1.807) is 0 Å². The quantitative estimate of drug-likeness (QED) is 0.763. The molecule has 0 bridgehead atoms. The number of rotatable bonds is 4. The smallest absolute Gasteiger partial charge is 0.411 e. The molecular weight excluding hydrogens is 364 g/mol. The second-order valence-electron chi connectivity index (χ2n) is 8.02. The van der Waals surface area contributed by atoms with Gasteiger partial charge in [0.1, 0.15) is 5.60 Å². The van der Waals surface area contributed by atoms with Crippen molar-refractivity contribution in [3.63, 3.8) is 0 Å². The summed E-state index contributed by atoms with van der Waals surface area (Å²) in [6, 6.07) is 5.85. The summed E-state index contributed by atoms with van der Waals surface area (Å²) in [5, 5.41) is 3.38. The molecule has 3 rings (SSSR count). The molecule has 6 nitrogen and oxygen atoms in total. The van der Waals surface area contributed by atoms with Crippen LogP contribution in [0.25, 0.3) is 0 Å². The third-order valence-electron chi connectivity index (χ3n) is 4.50. The van der Waals surface area contributed by atoms with Gasteiger partial charge in [0.15, 0.2) is 0 Å². The van der Waals surface area contributed by atoms with Gasteiger partial charge in [0.05, 0.1) is 13.2 Å². The molecule has 0 unspecified atom stereocenters. The fraction of sp³-hybridized carbons (Fsp3) is 0.600. The van der Waals surface area contributed by atoms with Crippen molar-refractivity contribution in [1.82, 2.24) is 4.90 Å².